The SMILES string of the molecule is CC(C)Cn1ncnc1CS(=O)c1ccccc1N. The van der Waals surface area contributed by atoms with Crippen molar-refractivity contribution in [3.05, 3.63) is 36.4 Å². The molecule has 1 aromatic heterocycles. The number of anilines is 1. The van der Waals surface area contributed by atoms with Crippen LogP contribution in [0.1, 0.15) is 19.7 Å². The first-order valence-corrected chi connectivity index (χ1v) is 7.49. The summed E-state index contributed by atoms with van der Waals surface area (Å²) in [6, 6.07) is 7.21. The van der Waals surface area contributed by atoms with Gasteiger partial charge in [0.25, 0.3) is 0 Å². The zero-order valence-corrected chi connectivity index (χ0v) is 11.9. The summed E-state index contributed by atoms with van der Waals surface area (Å²) < 4.78 is 14.1. The molecule has 2 N–H and O–H groups in total. The molecule has 0 saturated carbocycles. The van der Waals surface area contributed by atoms with Crippen molar-refractivity contribution in [1.29, 1.82) is 0 Å². The maximum atomic E-state index is 12.3. The third-order valence-corrected chi connectivity index (χ3v) is 4.04. The van der Waals surface area contributed by atoms with E-state index in [0.29, 0.717) is 22.3 Å². The number of nitrogens with two attached hydrogens (primary N) is 1. The van der Waals surface area contributed by atoms with Gasteiger partial charge in [0, 0.05) is 12.2 Å². The van der Waals surface area contributed by atoms with Gasteiger partial charge in [-0.1, -0.05) is 26.0 Å². The summed E-state index contributed by atoms with van der Waals surface area (Å²) in [5, 5.41) is 4.17. The fraction of sp³-hybridized carbons (Fsp3) is 0.385. The standard InChI is InChI=1S/C13H18N4OS/c1-10(2)7-17-13(15-9-16-17)8-19(18)12-6-4-3-5-11(12)14/h3-6,9-10H,7-8,14H2,1-2H3. The first-order valence-electron chi connectivity index (χ1n) is 6.17. The van der Waals surface area contributed by atoms with Gasteiger partial charge in [-0.2, -0.15) is 5.10 Å². The van der Waals surface area contributed by atoms with Crippen molar-refractivity contribution in [2.24, 2.45) is 5.92 Å². The lowest BCUT2D eigenvalue weighted by atomic mass is 10.2. The van der Waals surface area contributed by atoms with Gasteiger partial charge in [0.05, 0.1) is 21.4 Å². The van der Waals surface area contributed by atoms with Gasteiger partial charge in [0.15, 0.2) is 0 Å². The molecule has 1 atom stereocenters. The van der Waals surface area contributed by atoms with Crippen LogP contribution in [0, 0.1) is 5.92 Å². The lowest BCUT2D eigenvalue weighted by Gasteiger charge is -2.09. The van der Waals surface area contributed by atoms with E-state index >= 15 is 0 Å². The van der Waals surface area contributed by atoms with Crippen LogP contribution in [-0.2, 0) is 23.1 Å². The summed E-state index contributed by atoms with van der Waals surface area (Å²) in [5.74, 6) is 1.53. The van der Waals surface area contributed by atoms with Gasteiger partial charge < -0.3 is 5.73 Å². The third-order valence-electron chi connectivity index (χ3n) is 2.66. The Hall–Kier alpha value is -1.69. The summed E-state index contributed by atoms with van der Waals surface area (Å²) in [6.07, 6.45) is 1.50. The van der Waals surface area contributed by atoms with E-state index in [1.165, 1.54) is 6.33 Å². The van der Waals surface area contributed by atoms with Crippen LogP contribution in [0.3, 0.4) is 0 Å². The zero-order valence-electron chi connectivity index (χ0n) is 11.1. The monoisotopic (exact) mass is 278 g/mol. The van der Waals surface area contributed by atoms with Crippen LogP contribution in [0.4, 0.5) is 5.69 Å². The molecule has 102 valence electrons. The van der Waals surface area contributed by atoms with Gasteiger partial charge in [-0.05, 0) is 18.1 Å². The molecule has 2 aromatic rings. The molecule has 0 fully saturated rings. The van der Waals surface area contributed by atoms with Crippen molar-refractivity contribution >= 4 is 16.5 Å². The van der Waals surface area contributed by atoms with Crippen molar-refractivity contribution < 1.29 is 4.21 Å². The van der Waals surface area contributed by atoms with E-state index in [2.05, 4.69) is 23.9 Å². The van der Waals surface area contributed by atoms with E-state index in [1.807, 2.05) is 16.8 Å². The molecule has 1 aromatic carbocycles. The van der Waals surface area contributed by atoms with E-state index < -0.39 is 10.8 Å². The van der Waals surface area contributed by atoms with Crippen LogP contribution in [-0.4, -0.2) is 19.0 Å². The minimum absolute atomic E-state index is 0.334. The molecule has 0 aliphatic rings. The fourth-order valence-electron chi connectivity index (χ4n) is 1.78. The second kappa shape index (κ2) is 5.97. The number of benzene rings is 1. The van der Waals surface area contributed by atoms with Crippen LogP contribution in [0.5, 0.6) is 0 Å². The quantitative estimate of drug-likeness (QED) is 0.847. The predicted molar refractivity (Wildman–Crippen MR) is 75.8 cm³/mol. The number of hydrogen-bond acceptors (Lipinski definition) is 4. The molecule has 2 rings (SSSR count). The van der Waals surface area contributed by atoms with E-state index in [0.717, 1.165) is 12.4 Å². The number of aromatic nitrogens is 3. The average Bonchev–Trinajstić information content (AvgIpc) is 2.76. The van der Waals surface area contributed by atoms with Gasteiger partial charge >= 0.3 is 0 Å². The Kier molecular flexibility index (Phi) is 4.31. The number of hydrogen-bond donors (Lipinski definition) is 1. The molecule has 0 spiro atoms. The first-order chi connectivity index (χ1) is 9.08. The zero-order chi connectivity index (χ0) is 13.8. The normalized spacial score (nSPS) is 12.8. The minimum Gasteiger partial charge on any atom is -0.398 e. The number of nitrogens with zero attached hydrogens (tertiary/aromatic N) is 3. The molecule has 1 heterocycles. The Bertz CT molecular complexity index is 580. The van der Waals surface area contributed by atoms with Crippen LogP contribution in [0.25, 0.3) is 0 Å². The maximum absolute atomic E-state index is 12.3. The van der Waals surface area contributed by atoms with E-state index in [4.69, 9.17) is 5.73 Å². The maximum Gasteiger partial charge on any atom is 0.139 e. The molecule has 5 nitrogen and oxygen atoms in total. The first kappa shape index (κ1) is 13.7. The van der Waals surface area contributed by atoms with Gasteiger partial charge in [-0.3, -0.25) is 4.21 Å². The summed E-state index contributed by atoms with van der Waals surface area (Å²) in [6.45, 7) is 4.99. The second-order valence-electron chi connectivity index (χ2n) is 4.78. The lowest BCUT2D eigenvalue weighted by Crippen LogP contribution is -2.12. The molecule has 6 heteroatoms. The number of para-hydroxylation sites is 1. The highest BCUT2D eigenvalue weighted by atomic mass is 32.2. The van der Waals surface area contributed by atoms with Gasteiger partial charge in [0.1, 0.15) is 12.2 Å². The van der Waals surface area contributed by atoms with Crippen LogP contribution in [0.2, 0.25) is 0 Å². The van der Waals surface area contributed by atoms with E-state index in [9.17, 15) is 4.21 Å². The molecule has 19 heavy (non-hydrogen) atoms. The number of nitrogen functional groups attached to an aromatic ring is 1. The highest BCUT2D eigenvalue weighted by Gasteiger charge is 2.13. The van der Waals surface area contributed by atoms with Crippen LogP contribution < -0.4 is 5.73 Å². The molecule has 0 aliphatic carbocycles. The van der Waals surface area contributed by atoms with E-state index in [1.54, 1.807) is 12.1 Å². The summed E-state index contributed by atoms with van der Waals surface area (Å²) >= 11 is 0. The van der Waals surface area contributed by atoms with Crippen molar-refractivity contribution in [3.63, 3.8) is 0 Å². The molecule has 0 saturated heterocycles. The third kappa shape index (κ3) is 3.41. The van der Waals surface area contributed by atoms with Gasteiger partial charge in [0.2, 0.25) is 0 Å². The number of rotatable bonds is 5. The summed E-state index contributed by atoms with van der Waals surface area (Å²) in [5.41, 5.74) is 6.38. The Morgan fingerprint density at radius 3 is 2.79 bits per heavy atom. The smallest absolute Gasteiger partial charge is 0.139 e. The van der Waals surface area contributed by atoms with Crippen molar-refractivity contribution in [2.45, 2.75) is 31.0 Å². The highest BCUT2D eigenvalue weighted by molar-refractivity contribution is 7.84. The van der Waals surface area contributed by atoms with Crippen molar-refractivity contribution in [1.82, 2.24) is 14.8 Å². The molecule has 0 bridgehead atoms. The van der Waals surface area contributed by atoms with Crippen LogP contribution >= 0.6 is 0 Å². The molecular weight excluding hydrogens is 260 g/mol. The lowest BCUT2D eigenvalue weighted by molar-refractivity contribution is 0.471. The molecule has 0 amide bonds. The van der Waals surface area contributed by atoms with Gasteiger partial charge in [-0.25, -0.2) is 9.67 Å². The predicted octanol–water partition coefficient (Wildman–Crippen LogP) is 1.82. The fourth-order valence-corrected chi connectivity index (χ4v) is 2.96. The molecule has 1 unspecified atom stereocenters. The Labute approximate surface area is 115 Å². The average molecular weight is 278 g/mol. The second-order valence-corrected chi connectivity index (χ2v) is 6.20. The minimum atomic E-state index is -1.20. The van der Waals surface area contributed by atoms with E-state index in [-0.39, 0.29) is 0 Å². The topological polar surface area (TPSA) is 73.8 Å². The highest BCUT2D eigenvalue weighted by Crippen LogP contribution is 2.18. The van der Waals surface area contributed by atoms with Crippen LogP contribution in [0.15, 0.2) is 35.5 Å². The molecule has 0 radical (unpaired) electrons. The van der Waals surface area contributed by atoms with Crippen molar-refractivity contribution in [2.75, 3.05) is 5.73 Å². The Morgan fingerprint density at radius 1 is 1.37 bits per heavy atom. The van der Waals surface area contributed by atoms with Crippen molar-refractivity contribution in [3.8, 4) is 0 Å². The Morgan fingerprint density at radius 2 is 2.11 bits per heavy atom. The van der Waals surface area contributed by atoms with Gasteiger partial charge in [-0.15, -0.1) is 0 Å². The summed E-state index contributed by atoms with van der Waals surface area (Å²) in [7, 11) is -1.20. The molecular formula is C13H18N4OS. The Balaban J connectivity index is 2.16. The summed E-state index contributed by atoms with van der Waals surface area (Å²) in [4.78, 5) is 4.84. The molecule has 0 aliphatic heterocycles. The largest absolute Gasteiger partial charge is 0.398 e.